The van der Waals surface area contributed by atoms with E-state index in [1.54, 1.807) is 19.1 Å². The molecule has 0 radical (unpaired) electrons. The van der Waals surface area contributed by atoms with Crippen molar-refractivity contribution in [3.05, 3.63) is 81.9 Å². The minimum atomic E-state index is -0.479. The number of nitrogens with zero attached hydrogens (tertiary/aromatic N) is 1. The number of carbonyl (C=O) groups is 1. The van der Waals surface area contributed by atoms with Crippen molar-refractivity contribution in [3.8, 4) is 0 Å². The minimum Gasteiger partial charge on any atom is -0.463 e. The second-order valence-corrected chi connectivity index (χ2v) is 4.48. The lowest BCUT2D eigenvalue weighted by molar-refractivity contribution is -0.384. The Morgan fingerprint density at radius 3 is 2.45 bits per heavy atom. The molecule has 0 N–H and O–H groups in total. The zero-order valence-electron chi connectivity index (χ0n) is 12.1. The molecule has 5 nitrogen and oxygen atoms in total. The van der Waals surface area contributed by atoms with Gasteiger partial charge in [0.05, 0.1) is 11.5 Å². The van der Waals surface area contributed by atoms with Gasteiger partial charge in [0, 0.05) is 18.2 Å². The van der Waals surface area contributed by atoms with Gasteiger partial charge in [-0.25, -0.2) is 4.79 Å². The number of ether oxygens (including phenoxy) is 1. The predicted octanol–water partition coefficient (Wildman–Crippen LogP) is 3.59. The molecule has 0 saturated heterocycles. The second kappa shape index (κ2) is 7.17. The van der Waals surface area contributed by atoms with Gasteiger partial charge in [0.2, 0.25) is 0 Å². The van der Waals surface area contributed by atoms with Crippen molar-refractivity contribution in [3.63, 3.8) is 0 Å². The SMILES string of the molecule is CCOC(=O)/C=C(/c1ccccc1)c1cccc([N+](=O)[O-])c1. The van der Waals surface area contributed by atoms with E-state index in [1.807, 2.05) is 30.3 Å². The van der Waals surface area contributed by atoms with Gasteiger partial charge >= 0.3 is 5.97 Å². The van der Waals surface area contributed by atoms with Gasteiger partial charge in [0.25, 0.3) is 5.69 Å². The lowest BCUT2D eigenvalue weighted by Gasteiger charge is -2.08. The number of nitro benzene ring substituents is 1. The van der Waals surface area contributed by atoms with E-state index in [4.69, 9.17) is 4.74 Å². The molecule has 0 amide bonds. The molecule has 0 bridgehead atoms. The van der Waals surface area contributed by atoms with Crippen LogP contribution in [-0.2, 0) is 9.53 Å². The van der Waals surface area contributed by atoms with Gasteiger partial charge in [-0.3, -0.25) is 10.1 Å². The summed E-state index contributed by atoms with van der Waals surface area (Å²) in [6.07, 6.45) is 1.36. The van der Waals surface area contributed by atoms with Crippen molar-refractivity contribution >= 4 is 17.2 Å². The van der Waals surface area contributed by atoms with Gasteiger partial charge in [0.1, 0.15) is 0 Å². The Hall–Kier alpha value is -2.95. The van der Waals surface area contributed by atoms with E-state index >= 15 is 0 Å². The lowest BCUT2D eigenvalue weighted by atomic mass is 9.97. The van der Waals surface area contributed by atoms with Crippen molar-refractivity contribution in [2.75, 3.05) is 6.61 Å². The van der Waals surface area contributed by atoms with Crippen molar-refractivity contribution in [2.24, 2.45) is 0 Å². The molecule has 5 heteroatoms. The van der Waals surface area contributed by atoms with Crippen LogP contribution in [0.25, 0.3) is 5.57 Å². The molecule has 0 aliphatic rings. The molecule has 0 aliphatic heterocycles. The molecule has 0 fully saturated rings. The third-order valence-corrected chi connectivity index (χ3v) is 3.00. The fourth-order valence-electron chi connectivity index (χ4n) is 2.04. The van der Waals surface area contributed by atoms with E-state index in [-0.39, 0.29) is 12.3 Å². The minimum absolute atomic E-state index is 0.0248. The monoisotopic (exact) mass is 297 g/mol. The zero-order valence-corrected chi connectivity index (χ0v) is 12.1. The number of benzene rings is 2. The van der Waals surface area contributed by atoms with Crippen molar-refractivity contribution in [1.82, 2.24) is 0 Å². The van der Waals surface area contributed by atoms with Gasteiger partial charge < -0.3 is 4.74 Å². The Morgan fingerprint density at radius 2 is 1.82 bits per heavy atom. The van der Waals surface area contributed by atoms with Gasteiger partial charge in [0.15, 0.2) is 0 Å². The van der Waals surface area contributed by atoms with Crippen LogP contribution in [0, 0.1) is 10.1 Å². The third-order valence-electron chi connectivity index (χ3n) is 3.00. The Morgan fingerprint density at radius 1 is 1.14 bits per heavy atom. The number of carbonyl (C=O) groups excluding carboxylic acids is 1. The lowest BCUT2D eigenvalue weighted by Crippen LogP contribution is -2.02. The summed E-state index contributed by atoms with van der Waals surface area (Å²) in [6, 6.07) is 15.4. The quantitative estimate of drug-likeness (QED) is 0.366. The Kier molecular flexibility index (Phi) is 5.03. The van der Waals surface area contributed by atoms with E-state index < -0.39 is 10.9 Å². The first-order chi connectivity index (χ1) is 10.6. The van der Waals surface area contributed by atoms with E-state index in [0.29, 0.717) is 11.1 Å². The van der Waals surface area contributed by atoms with Gasteiger partial charge in [-0.05, 0) is 23.6 Å². The molecule has 2 aromatic rings. The maximum atomic E-state index is 11.8. The molecule has 0 saturated carbocycles. The summed E-state index contributed by atoms with van der Waals surface area (Å²) in [5, 5.41) is 10.9. The predicted molar refractivity (Wildman–Crippen MR) is 83.3 cm³/mol. The second-order valence-electron chi connectivity index (χ2n) is 4.48. The average molecular weight is 297 g/mol. The standard InChI is InChI=1S/C17H15NO4/c1-2-22-17(19)12-16(13-7-4-3-5-8-13)14-9-6-10-15(11-14)18(20)21/h3-12H,2H2,1H3/b16-12-. The van der Waals surface area contributed by atoms with Crippen LogP contribution in [-0.4, -0.2) is 17.5 Å². The highest BCUT2D eigenvalue weighted by atomic mass is 16.6. The van der Waals surface area contributed by atoms with Gasteiger partial charge in [-0.1, -0.05) is 42.5 Å². The molecule has 0 heterocycles. The molecule has 22 heavy (non-hydrogen) atoms. The summed E-state index contributed by atoms with van der Waals surface area (Å²) in [7, 11) is 0. The molecule has 0 aliphatic carbocycles. The largest absolute Gasteiger partial charge is 0.463 e. The highest BCUT2D eigenvalue weighted by Crippen LogP contribution is 2.26. The Bertz CT molecular complexity index is 708. The Labute approximate surface area is 128 Å². The highest BCUT2D eigenvalue weighted by molar-refractivity contribution is 5.96. The van der Waals surface area contributed by atoms with Crippen LogP contribution in [0.3, 0.4) is 0 Å². The first-order valence-electron chi connectivity index (χ1n) is 6.80. The van der Waals surface area contributed by atoms with E-state index in [0.717, 1.165) is 5.56 Å². The summed E-state index contributed by atoms with van der Waals surface area (Å²) in [6.45, 7) is 1.99. The smallest absolute Gasteiger partial charge is 0.331 e. The van der Waals surface area contributed by atoms with E-state index in [1.165, 1.54) is 18.2 Å². The van der Waals surface area contributed by atoms with Crippen LogP contribution in [0.15, 0.2) is 60.7 Å². The molecule has 2 rings (SSSR count). The van der Waals surface area contributed by atoms with Crippen molar-refractivity contribution < 1.29 is 14.5 Å². The first kappa shape index (κ1) is 15.4. The van der Waals surface area contributed by atoms with Gasteiger partial charge in [-0.15, -0.1) is 0 Å². The van der Waals surface area contributed by atoms with Crippen molar-refractivity contribution in [2.45, 2.75) is 6.92 Å². The molecule has 2 aromatic carbocycles. The summed E-state index contributed by atoms with van der Waals surface area (Å²) >= 11 is 0. The first-order valence-corrected chi connectivity index (χ1v) is 6.80. The van der Waals surface area contributed by atoms with Crippen LogP contribution in [0.5, 0.6) is 0 Å². The fourth-order valence-corrected chi connectivity index (χ4v) is 2.04. The Balaban J connectivity index is 2.51. The number of nitro groups is 1. The normalized spacial score (nSPS) is 11.0. The number of hydrogen-bond acceptors (Lipinski definition) is 4. The average Bonchev–Trinajstić information content (AvgIpc) is 2.54. The van der Waals surface area contributed by atoms with Crippen LogP contribution in [0.4, 0.5) is 5.69 Å². The van der Waals surface area contributed by atoms with Gasteiger partial charge in [-0.2, -0.15) is 0 Å². The number of esters is 1. The summed E-state index contributed by atoms with van der Waals surface area (Å²) in [5.41, 5.74) is 1.94. The van der Waals surface area contributed by atoms with E-state index in [2.05, 4.69) is 0 Å². The number of rotatable bonds is 5. The summed E-state index contributed by atoms with van der Waals surface area (Å²) in [5.74, 6) is -0.479. The fraction of sp³-hybridized carbons (Fsp3) is 0.118. The van der Waals surface area contributed by atoms with Crippen LogP contribution >= 0.6 is 0 Å². The molecular weight excluding hydrogens is 282 g/mol. The molecule has 0 unspecified atom stereocenters. The molecule has 0 aromatic heterocycles. The molecular formula is C17H15NO4. The molecule has 0 atom stereocenters. The number of hydrogen-bond donors (Lipinski definition) is 0. The van der Waals surface area contributed by atoms with Crippen LogP contribution < -0.4 is 0 Å². The van der Waals surface area contributed by atoms with Crippen molar-refractivity contribution in [1.29, 1.82) is 0 Å². The summed E-state index contributed by atoms with van der Waals surface area (Å²) < 4.78 is 4.94. The number of non-ortho nitro benzene ring substituents is 1. The van der Waals surface area contributed by atoms with Crippen LogP contribution in [0.2, 0.25) is 0 Å². The zero-order chi connectivity index (χ0) is 15.9. The summed E-state index contributed by atoms with van der Waals surface area (Å²) in [4.78, 5) is 22.3. The van der Waals surface area contributed by atoms with E-state index in [9.17, 15) is 14.9 Å². The third kappa shape index (κ3) is 3.79. The van der Waals surface area contributed by atoms with Crippen LogP contribution in [0.1, 0.15) is 18.1 Å². The molecule has 0 spiro atoms. The highest BCUT2D eigenvalue weighted by Gasteiger charge is 2.12. The maximum Gasteiger partial charge on any atom is 0.331 e. The topological polar surface area (TPSA) is 69.4 Å². The molecule has 112 valence electrons. The maximum absolute atomic E-state index is 11.8.